The minimum Gasteiger partial charge on any atom is -0.495 e. The summed E-state index contributed by atoms with van der Waals surface area (Å²) in [6, 6.07) is 7.41. The summed E-state index contributed by atoms with van der Waals surface area (Å²) in [5.41, 5.74) is 0.359. The highest BCUT2D eigenvalue weighted by molar-refractivity contribution is 5.95. The van der Waals surface area contributed by atoms with Crippen LogP contribution in [0.5, 0.6) is 5.75 Å². The van der Waals surface area contributed by atoms with Gasteiger partial charge in [-0.1, -0.05) is 32.9 Å². The van der Waals surface area contributed by atoms with E-state index in [9.17, 15) is 4.79 Å². The van der Waals surface area contributed by atoms with Crippen LogP contribution in [-0.2, 0) is 4.79 Å². The van der Waals surface area contributed by atoms with Crippen molar-refractivity contribution in [2.24, 2.45) is 5.41 Å². The lowest BCUT2D eigenvalue weighted by atomic mass is 9.89. The molecule has 0 aromatic heterocycles. The van der Waals surface area contributed by atoms with Crippen LogP contribution in [0.1, 0.15) is 27.2 Å². The highest BCUT2D eigenvalue weighted by Crippen LogP contribution is 2.27. The third-order valence-corrected chi connectivity index (χ3v) is 2.85. The monoisotopic (exact) mass is 221 g/mol. The number of hydrogen-bond donors (Lipinski definition) is 1. The van der Waals surface area contributed by atoms with Gasteiger partial charge >= 0.3 is 0 Å². The summed E-state index contributed by atoms with van der Waals surface area (Å²) in [6.45, 7) is 5.86. The number of anilines is 1. The van der Waals surface area contributed by atoms with Gasteiger partial charge in [0.2, 0.25) is 5.91 Å². The first kappa shape index (κ1) is 12.6. The maximum Gasteiger partial charge on any atom is 0.230 e. The van der Waals surface area contributed by atoms with Gasteiger partial charge in [-0.15, -0.1) is 0 Å². The Balaban J connectivity index is 2.85. The summed E-state index contributed by atoms with van der Waals surface area (Å²) in [6.07, 6.45) is 0.800. The van der Waals surface area contributed by atoms with Crippen molar-refractivity contribution in [1.82, 2.24) is 0 Å². The van der Waals surface area contributed by atoms with E-state index in [0.29, 0.717) is 5.75 Å². The van der Waals surface area contributed by atoms with Crippen molar-refractivity contribution >= 4 is 11.6 Å². The van der Waals surface area contributed by atoms with Crippen molar-refractivity contribution < 1.29 is 9.53 Å². The molecule has 3 heteroatoms. The van der Waals surface area contributed by atoms with Crippen molar-refractivity contribution in [2.45, 2.75) is 27.2 Å². The Labute approximate surface area is 96.8 Å². The van der Waals surface area contributed by atoms with Gasteiger partial charge in [0.15, 0.2) is 0 Å². The predicted molar refractivity (Wildman–Crippen MR) is 65.7 cm³/mol. The third kappa shape index (κ3) is 2.75. The molecule has 0 bridgehead atoms. The van der Waals surface area contributed by atoms with Crippen LogP contribution in [0, 0.1) is 5.41 Å². The Morgan fingerprint density at radius 2 is 2.00 bits per heavy atom. The molecule has 0 unspecified atom stereocenters. The lowest BCUT2D eigenvalue weighted by Crippen LogP contribution is -2.30. The zero-order valence-corrected chi connectivity index (χ0v) is 10.3. The summed E-state index contributed by atoms with van der Waals surface area (Å²) >= 11 is 0. The fourth-order valence-corrected chi connectivity index (χ4v) is 1.20. The number of methoxy groups -OCH3 is 1. The standard InChI is InChI=1S/C13H19NO2/c1-5-13(2,3)12(15)14-10-8-6-7-9-11(10)16-4/h6-9H,5H2,1-4H3,(H,14,15). The van der Waals surface area contributed by atoms with Crippen molar-refractivity contribution in [3.63, 3.8) is 0 Å². The molecule has 0 saturated heterocycles. The van der Waals surface area contributed by atoms with E-state index in [-0.39, 0.29) is 11.3 Å². The average Bonchev–Trinajstić information content (AvgIpc) is 2.29. The van der Waals surface area contributed by atoms with E-state index in [1.807, 2.05) is 45.0 Å². The molecule has 3 nitrogen and oxygen atoms in total. The highest BCUT2D eigenvalue weighted by atomic mass is 16.5. The third-order valence-electron chi connectivity index (χ3n) is 2.85. The summed E-state index contributed by atoms with van der Waals surface area (Å²) in [7, 11) is 1.59. The van der Waals surface area contributed by atoms with Crippen LogP contribution in [0.2, 0.25) is 0 Å². The number of ether oxygens (including phenoxy) is 1. The Bertz CT molecular complexity index is 372. The smallest absolute Gasteiger partial charge is 0.230 e. The van der Waals surface area contributed by atoms with Crippen molar-refractivity contribution in [1.29, 1.82) is 0 Å². The maximum atomic E-state index is 12.0. The lowest BCUT2D eigenvalue weighted by molar-refractivity contribution is -0.124. The number of hydrogen-bond acceptors (Lipinski definition) is 2. The molecule has 1 rings (SSSR count). The van der Waals surface area contributed by atoms with E-state index in [0.717, 1.165) is 12.1 Å². The molecular formula is C13H19NO2. The van der Waals surface area contributed by atoms with E-state index in [2.05, 4.69) is 5.32 Å². The van der Waals surface area contributed by atoms with Crippen LogP contribution >= 0.6 is 0 Å². The largest absolute Gasteiger partial charge is 0.495 e. The number of amides is 1. The quantitative estimate of drug-likeness (QED) is 0.848. The van der Waals surface area contributed by atoms with Gasteiger partial charge in [0.1, 0.15) is 5.75 Å². The summed E-state index contributed by atoms with van der Waals surface area (Å²) in [5, 5.41) is 2.89. The van der Waals surface area contributed by atoms with E-state index in [1.54, 1.807) is 7.11 Å². The van der Waals surface area contributed by atoms with Crippen LogP contribution in [0.15, 0.2) is 24.3 Å². The van der Waals surface area contributed by atoms with E-state index < -0.39 is 0 Å². The van der Waals surface area contributed by atoms with Gasteiger partial charge in [-0.2, -0.15) is 0 Å². The fraction of sp³-hybridized carbons (Fsp3) is 0.462. The summed E-state index contributed by atoms with van der Waals surface area (Å²) in [4.78, 5) is 12.0. The van der Waals surface area contributed by atoms with Gasteiger partial charge in [0, 0.05) is 5.41 Å². The normalized spacial score (nSPS) is 11.0. The van der Waals surface area contributed by atoms with Gasteiger partial charge in [0.25, 0.3) is 0 Å². The molecule has 1 aromatic carbocycles. The SMILES string of the molecule is CCC(C)(C)C(=O)Nc1ccccc1OC. The first-order valence-corrected chi connectivity index (χ1v) is 5.45. The molecule has 1 N–H and O–H groups in total. The lowest BCUT2D eigenvalue weighted by Gasteiger charge is -2.22. The number of para-hydroxylation sites is 2. The second kappa shape index (κ2) is 5.01. The molecule has 0 fully saturated rings. The number of nitrogens with one attached hydrogen (secondary N) is 1. The molecule has 16 heavy (non-hydrogen) atoms. The molecule has 0 saturated carbocycles. The van der Waals surface area contributed by atoms with Crippen molar-refractivity contribution in [2.75, 3.05) is 12.4 Å². The van der Waals surface area contributed by atoms with Gasteiger partial charge in [0.05, 0.1) is 12.8 Å². The molecule has 0 heterocycles. The number of benzene rings is 1. The number of rotatable bonds is 4. The van der Waals surface area contributed by atoms with Crippen LogP contribution in [0.4, 0.5) is 5.69 Å². The molecule has 0 spiro atoms. The topological polar surface area (TPSA) is 38.3 Å². The predicted octanol–water partition coefficient (Wildman–Crippen LogP) is 3.07. The Kier molecular flexibility index (Phi) is 3.93. The molecule has 88 valence electrons. The zero-order valence-electron chi connectivity index (χ0n) is 10.3. The summed E-state index contributed by atoms with van der Waals surface area (Å²) < 4.78 is 5.18. The number of carbonyl (C=O) groups is 1. The van der Waals surface area contributed by atoms with Gasteiger partial charge in [-0.3, -0.25) is 4.79 Å². The molecule has 0 aliphatic carbocycles. The van der Waals surface area contributed by atoms with Crippen molar-refractivity contribution in [3.8, 4) is 5.75 Å². The van der Waals surface area contributed by atoms with Crippen LogP contribution in [-0.4, -0.2) is 13.0 Å². The maximum absolute atomic E-state index is 12.0. The first-order chi connectivity index (χ1) is 7.51. The van der Waals surface area contributed by atoms with Gasteiger partial charge < -0.3 is 10.1 Å². The highest BCUT2D eigenvalue weighted by Gasteiger charge is 2.25. The van der Waals surface area contributed by atoms with Crippen LogP contribution in [0.3, 0.4) is 0 Å². The Morgan fingerprint density at radius 1 is 1.38 bits per heavy atom. The summed E-state index contributed by atoms with van der Waals surface area (Å²) in [5.74, 6) is 0.697. The average molecular weight is 221 g/mol. The molecule has 1 amide bonds. The molecule has 0 radical (unpaired) electrons. The zero-order chi connectivity index (χ0) is 12.2. The first-order valence-electron chi connectivity index (χ1n) is 5.45. The second-order valence-corrected chi connectivity index (χ2v) is 4.39. The fourth-order valence-electron chi connectivity index (χ4n) is 1.20. The van der Waals surface area contributed by atoms with E-state index in [1.165, 1.54) is 0 Å². The molecule has 0 aliphatic heterocycles. The Morgan fingerprint density at radius 3 is 2.56 bits per heavy atom. The molecular weight excluding hydrogens is 202 g/mol. The number of carbonyl (C=O) groups excluding carboxylic acids is 1. The Hall–Kier alpha value is -1.51. The van der Waals surface area contributed by atoms with E-state index in [4.69, 9.17) is 4.74 Å². The minimum absolute atomic E-state index is 0.0134. The minimum atomic E-state index is -0.360. The van der Waals surface area contributed by atoms with Crippen LogP contribution < -0.4 is 10.1 Å². The molecule has 1 aromatic rings. The van der Waals surface area contributed by atoms with Crippen LogP contribution in [0.25, 0.3) is 0 Å². The second-order valence-electron chi connectivity index (χ2n) is 4.39. The van der Waals surface area contributed by atoms with Gasteiger partial charge in [-0.05, 0) is 18.6 Å². The van der Waals surface area contributed by atoms with Gasteiger partial charge in [-0.25, -0.2) is 0 Å². The molecule has 0 atom stereocenters. The molecule has 0 aliphatic rings. The van der Waals surface area contributed by atoms with Crippen molar-refractivity contribution in [3.05, 3.63) is 24.3 Å². The van der Waals surface area contributed by atoms with E-state index >= 15 is 0 Å².